The normalized spacial score (nSPS) is 19.6. The number of carbonyl (C=O) groups is 1. The van der Waals surface area contributed by atoms with Gasteiger partial charge in [-0.05, 0) is 33.3 Å². The third-order valence-electron chi connectivity index (χ3n) is 3.22. The number of anilines is 1. The lowest BCUT2D eigenvalue weighted by Crippen LogP contribution is -2.53. The summed E-state index contributed by atoms with van der Waals surface area (Å²) in [6, 6.07) is 8.21. The summed E-state index contributed by atoms with van der Waals surface area (Å²) in [6.45, 7) is 6.36. The topological polar surface area (TPSA) is 57.2 Å². The zero-order valence-corrected chi connectivity index (χ0v) is 12.0. The maximum absolute atomic E-state index is 12.3. The largest absolute Gasteiger partial charge is 0.443 e. The van der Waals surface area contributed by atoms with Crippen LogP contribution in [0.5, 0.6) is 0 Å². The summed E-state index contributed by atoms with van der Waals surface area (Å²) >= 11 is 0. The first-order valence-electron chi connectivity index (χ1n) is 6.81. The number of nitrogens with zero attached hydrogens (tertiary/aromatic N) is 1. The van der Waals surface area contributed by atoms with E-state index < -0.39 is 5.60 Å². The molecule has 0 aromatic heterocycles. The number of amides is 1. The van der Waals surface area contributed by atoms with Crippen LogP contribution in [0.1, 0.15) is 45.2 Å². The number of ether oxygens (including phenoxy) is 1. The molecule has 1 aromatic carbocycles. The van der Waals surface area contributed by atoms with E-state index >= 15 is 0 Å². The maximum Gasteiger partial charge on any atom is 0.414 e. The lowest BCUT2D eigenvalue weighted by Gasteiger charge is -2.27. The monoisotopic (exact) mass is 263 g/mol. The third-order valence-corrected chi connectivity index (χ3v) is 3.22. The highest BCUT2D eigenvalue weighted by Gasteiger charge is 2.29. The molecular formula is C15H23N2O2+. The molecule has 0 aliphatic carbocycles. The maximum atomic E-state index is 12.3. The molecule has 4 nitrogen and oxygen atoms in total. The van der Waals surface area contributed by atoms with Crippen LogP contribution in [-0.2, 0) is 4.74 Å². The summed E-state index contributed by atoms with van der Waals surface area (Å²) in [4.78, 5) is 14.1. The van der Waals surface area contributed by atoms with Gasteiger partial charge in [-0.25, -0.2) is 4.79 Å². The van der Waals surface area contributed by atoms with E-state index in [2.05, 4.69) is 11.8 Å². The van der Waals surface area contributed by atoms with Gasteiger partial charge >= 0.3 is 6.09 Å². The van der Waals surface area contributed by atoms with Crippen LogP contribution in [0.15, 0.2) is 24.3 Å². The average molecular weight is 263 g/mol. The summed E-state index contributed by atoms with van der Waals surface area (Å²) < 4.78 is 5.49. The Morgan fingerprint density at radius 3 is 2.74 bits per heavy atom. The standard InChI is InChI=1S/C15H22N2O2/c1-15(2,3)19-14(18)17-10-6-8-12(16)11-7-4-5-9-13(11)17/h4-5,7,9,12H,6,8,10,16H2,1-3H3/p+1/t12-/m1/s1. The Morgan fingerprint density at radius 1 is 1.37 bits per heavy atom. The number of para-hydroxylation sites is 1. The summed E-state index contributed by atoms with van der Waals surface area (Å²) in [6.07, 6.45) is 1.67. The fraction of sp³-hybridized carbons (Fsp3) is 0.533. The van der Waals surface area contributed by atoms with Crippen LogP contribution in [0.4, 0.5) is 10.5 Å². The van der Waals surface area contributed by atoms with Gasteiger partial charge < -0.3 is 10.5 Å². The van der Waals surface area contributed by atoms with E-state index in [0.717, 1.165) is 24.1 Å². The molecule has 1 atom stereocenters. The zero-order chi connectivity index (χ0) is 14.0. The Morgan fingerprint density at radius 2 is 2.05 bits per heavy atom. The van der Waals surface area contributed by atoms with Gasteiger partial charge in [0.05, 0.1) is 5.69 Å². The Balaban J connectivity index is 2.31. The number of quaternary nitrogens is 1. The van der Waals surface area contributed by atoms with E-state index in [1.54, 1.807) is 4.90 Å². The lowest BCUT2D eigenvalue weighted by atomic mass is 10.0. The van der Waals surface area contributed by atoms with Gasteiger partial charge in [0.25, 0.3) is 0 Å². The van der Waals surface area contributed by atoms with Crippen LogP contribution in [0.2, 0.25) is 0 Å². The molecule has 1 amide bonds. The summed E-state index contributed by atoms with van der Waals surface area (Å²) in [5.74, 6) is 0. The van der Waals surface area contributed by atoms with Gasteiger partial charge in [0.1, 0.15) is 11.6 Å². The van der Waals surface area contributed by atoms with Crippen LogP contribution in [0.3, 0.4) is 0 Å². The first-order valence-corrected chi connectivity index (χ1v) is 6.81. The van der Waals surface area contributed by atoms with Crippen molar-refractivity contribution in [3.05, 3.63) is 29.8 Å². The smallest absolute Gasteiger partial charge is 0.414 e. The molecular weight excluding hydrogens is 240 g/mol. The second kappa shape index (κ2) is 5.21. The zero-order valence-electron chi connectivity index (χ0n) is 12.0. The second-order valence-electron chi connectivity index (χ2n) is 6.03. The highest BCUT2D eigenvalue weighted by atomic mass is 16.6. The van der Waals surface area contributed by atoms with Crippen molar-refractivity contribution in [3.63, 3.8) is 0 Å². The van der Waals surface area contributed by atoms with E-state index in [1.807, 2.05) is 39.0 Å². The Labute approximate surface area is 114 Å². The van der Waals surface area contributed by atoms with Gasteiger partial charge in [0.15, 0.2) is 0 Å². The number of fused-ring (bicyclic) bond motifs is 1. The van der Waals surface area contributed by atoms with Gasteiger partial charge in [0, 0.05) is 18.5 Å². The van der Waals surface area contributed by atoms with Gasteiger partial charge in [-0.15, -0.1) is 0 Å². The Kier molecular flexibility index (Phi) is 3.80. The summed E-state index contributed by atoms with van der Waals surface area (Å²) in [5, 5.41) is 0. The van der Waals surface area contributed by atoms with Crippen molar-refractivity contribution in [1.82, 2.24) is 0 Å². The number of benzene rings is 1. The third kappa shape index (κ3) is 3.26. The van der Waals surface area contributed by atoms with Crippen molar-refractivity contribution >= 4 is 11.8 Å². The van der Waals surface area contributed by atoms with Crippen molar-refractivity contribution in [3.8, 4) is 0 Å². The number of rotatable bonds is 0. The van der Waals surface area contributed by atoms with E-state index in [-0.39, 0.29) is 12.1 Å². The molecule has 0 radical (unpaired) electrons. The highest BCUT2D eigenvalue weighted by molar-refractivity contribution is 5.89. The SMILES string of the molecule is CC(C)(C)OC(=O)N1CCC[C@@H]([NH3+])c2ccccc21. The minimum atomic E-state index is -0.470. The molecule has 104 valence electrons. The average Bonchev–Trinajstić information content (AvgIpc) is 2.47. The molecule has 0 saturated carbocycles. The molecule has 1 aliphatic heterocycles. The molecule has 1 heterocycles. The van der Waals surface area contributed by atoms with Gasteiger partial charge in [-0.2, -0.15) is 0 Å². The molecule has 0 spiro atoms. The predicted molar refractivity (Wildman–Crippen MR) is 74.9 cm³/mol. The van der Waals surface area contributed by atoms with Crippen molar-refractivity contribution in [2.45, 2.75) is 45.3 Å². The van der Waals surface area contributed by atoms with E-state index in [4.69, 9.17) is 4.74 Å². The lowest BCUT2D eigenvalue weighted by molar-refractivity contribution is -0.427. The molecule has 0 fully saturated rings. The van der Waals surface area contributed by atoms with Gasteiger partial charge in [0.2, 0.25) is 0 Å². The number of carbonyl (C=O) groups excluding carboxylic acids is 1. The molecule has 1 aliphatic rings. The summed E-state index contributed by atoms with van der Waals surface area (Å²) in [7, 11) is 0. The van der Waals surface area contributed by atoms with Crippen molar-refractivity contribution in [1.29, 1.82) is 0 Å². The van der Waals surface area contributed by atoms with Crippen molar-refractivity contribution in [2.75, 3.05) is 11.4 Å². The summed E-state index contributed by atoms with van der Waals surface area (Å²) in [5.41, 5.74) is 5.79. The second-order valence-corrected chi connectivity index (χ2v) is 6.03. The molecule has 1 aromatic rings. The highest BCUT2D eigenvalue weighted by Crippen LogP contribution is 2.31. The van der Waals surface area contributed by atoms with Crippen LogP contribution >= 0.6 is 0 Å². The molecule has 4 heteroatoms. The Bertz CT molecular complexity index is 465. The fourth-order valence-corrected chi connectivity index (χ4v) is 2.36. The molecule has 0 saturated heterocycles. The fourth-order valence-electron chi connectivity index (χ4n) is 2.36. The van der Waals surface area contributed by atoms with Gasteiger partial charge in [-0.1, -0.05) is 18.2 Å². The van der Waals surface area contributed by atoms with Crippen molar-refractivity contribution in [2.24, 2.45) is 0 Å². The van der Waals surface area contributed by atoms with Crippen LogP contribution < -0.4 is 10.6 Å². The molecule has 3 N–H and O–H groups in total. The first-order chi connectivity index (χ1) is 8.88. The molecule has 2 rings (SSSR count). The quantitative estimate of drug-likeness (QED) is 0.782. The van der Waals surface area contributed by atoms with E-state index in [1.165, 1.54) is 0 Å². The van der Waals surface area contributed by atoms with Crippen LogP contribution in [0.25, 0.3) is 0 Å². The molecule has 0 bridgehead atoms. The van der Waals surface area contributed by atoms with Crippen LogP contribution in [-0.4, -0.2) is 18.2 Å². The minimum Gasteiger partial charge on any atom is -0.443 e. The van der Waals surface area contributed by atoms with Gasteiger partial charge in [-0.3, -0.25) is 4.90 Å². The molecule has 0 unspecified atom stereocenters. The van der Waals surface area contributed by atoms with E-state index in [9.17, 15) is 4.79 Å². The number of hydrogen-bond acceptors (Lipinski definition) is 2. The van der Waals surface area contributed by atoms with Crippen molar-refractivity contribution < 1.29 is 15.3 Å². The number of hydrogen-bond donors (Lipinski definition) is 1. The van der Waals surface area contributed by atoms with E-state index in [0.29, 0.717) is 6.54 Å². The minimum absolute atomic E-state index is 0.239. The predicted octanol–water partition coefficient (Wildman–Crippen LogP) is 2.50. The Hall–Kier alpha value is -1.55. The van der Waals surface area contributed by atoms with Crippen LogP contribution in [0, 0.1) is 0 Å². The molecule has 19 heavy (non-hydrogen) atoms. The first kappa shape index (κ1) is 13.9.